The van der Waals surface area contributed by atoms with Crippen LogP contribution in [0.5, 0.6) is 0 Å². The summed E-state index contributed by atoms with van der Waals surface area (Å²) in [6.07, 6.45) is 6.62. The van der Waals surface area contributed by atoms with Gasteiger partial charge in [-0.2, -0.15) is 0 Å². The zero-order chi connectivity index (χ0) is 27.7. The molecule has 4 nitrogen and oxygen atoms in total. The highest BCUT2D eigenvalue weighted by Gasteiger charge is 2.66. The molecule has 212 valence electrons. The molecule has 2 N–H and O–H groups in total. The highest BCUT2D eigenvalue weighted by Crippen LogP contribution is 2.74. The van der Waals surface area contributed by atoms with Gasteiger partial charge in [0, 0.05) is 11.1 Å². The minimum atomic E-state index is -3.60. The third-order valence-corrected chi connectivity index (χ3v) is 15.2. The van der Waals surface area contributed by atoms with Crippen LogP contribution in [0.3, 0.4) is 0 Å². The Kier molecular flexibility index (Phi) is 6.78. The summed E-state index contributed by atoms with van der Waals surface area (Å²) in [6, 6.07) is 20.8. The fraction of sp³-hybridized carbons (Fsp3) is 0.647. The maximum atomic E-state index is 15.6. The van der Waals surface area contributed by atoms with E-state index in [4.69, 9.17) is 9.05 Å². The zero-order valence-corrected chi connectivity index (χ0v) is 25.8. The highest BCUT2D eigenvalue weighted by molar-refractivity contribution is 7.54. The number of benzene rings is 2. The maximum Gasteiger partial charge on any atom is 0.392 e. The first kappa shape index (κ1) is 27.7. The molecule has 39 heavy (non-hydrogen) atoms. The van der Waals surface area contributed by atoms with Crippen molar-refractivity contribution in [1.82, 2.24) is 0 Å². The van der Waals surface area contributed by atoms with E-state index in [-0.39, 0.29) is 33.9 Å². The summed E-state index contributed by atoms with van der Waals surface area (Å²) >= 11 is 0. The number of rotatable bonds is 9. The van der Waals surface area contributed by atoms with E-state index in [0.717, 1.165) is 37.8 Å². The smallest absolute Gasteiger partial charge is 0.326 e. The van der Waals surface area contributed by atoms with Crippen LogP contribution in [0, 0.1) is 33.5 Å². The number of hydrogen-bond acceptors (Lipinski definition) is 3. The van der Waals surface area contributed by atoms with E-state index in [1.807, 2.05) is 24.3 Å². The lowest BCUT2D eigenvalue weighted by atomic mass is 9.70. The molecular formula is C34H49NO3P+. The van der Waals surface area contributed by atoms with Crippen molar-refractivity contribution in [3.63, 3.8) is 0 Å². The summed E-state index contributed by atoms with van der Waals surface area (Å²) in [5.74, 6) is 0.822. The van der Waals surface area contributed by atoms with Gasteiger partial charge in [0.25, 0.3) is 0 Å². The van der Waals surface area contributed by atoms with E-state index in [1.165, 1.54) is 18.4 Å². The van der Waals surface area contributed by atoms with Crippen LogP contribution in [-0.2, 0) is 20.2 Å². The molecule has 2 aromatic carbocycles. The monoisotopic (exact) mass is 550 g/mol. The van der Waals surface area contributed by atoms with Crippen LogP contribution in [0.2, 0.25) is 0 Å². The van der Waals surface area contributed by atoms with Crippen LogP contribution in [0.25, 0.3) is 0 Å². The van der Waals surface area contributed by atoms with Gasteiger partial charge in [-0.05, 0) is 72.0 Å². The second kappa shape index (κ2) is 9.55. The summed E-state index contributed by atoms with van der Waals surface area (Å²) < 4.78 is 29.8. The molecule has 4 aliphatic carbocycles. The van der Waals surface area contributed by atoms with E-state index in [2.05, 4.69) is 83.3 Å². The van der Waals surface area contributed by atoms with Gasteiger partial charge in [0.15, 0.2) is 0 Å². The Labute approximate surface area is 236 Å². The third-order valence-electron chi connectivity index (χ3n) is 12.9. The maximum absolute atomic E-state index is 15.6. The lowest BCUT2D eigenvalue weighted by Crippen LogP contribution is -2.83. The molecule has 0 aliphatic heterocycles. The summed E-state index contributed by atoms with van der Waals surface area (Å²) in [5.41, 5.74) is 2.62. The Balaban J connectivity index is 1.38. The average Bonchev–Trinajstić information content (AvgIpc) is 3.42. The molecule has 4 saturated carbocycles. The van der Waals surface area contributed by atoms with E-state index < -0.39 is 13.4 Å². The second-order valence-electron chi connectivity index (χ2n) is 14.7. The second-order valence-corrected chi connectivity index (χ2v) is 16.8. The molecular weight excluding hydrogens is 501 g/mol. The van der Waals surface area contributed by atoms with Crippen molar-refractivity contribution in [1.29, 1.82) is 0 Å². The Bertz CT molecular complexity index is 1180. The molecule has 0 unspecified atom stereocenters. The normalized spacial score (nSPS) is 36.9. The van der Waals surface area contributed by atoms with Crippen LogP contribution >= 0.6 is 7.60 Å². The largest absolute Gasteiger partial charge is 0.392 e. The number of fused-ring (bicyclic) bond motifs is 4. The quantitative estimate of drug-likeness (QED) is 0.321. The molecule has 4 bridgehead atoms. The molecule has 0 spiro atoms. The summed E-state index contributed by atoms with van der Waals surface area (Å²) in [6.45, 7) is 15.1. The zero-order valence-electron chi connectivity index (χ0n) is 24.9. The van der Waals surface area contributed by atoms with Gasteiger partial charge in [-0.15, -0.1) is 0 Å². The Hall–Kier alpha value is -1.45. The fourth-order valence-corrected chi connectivity index (χ4v) is 11.6. The van der Waals surface area contributed by atoms with Crippen LogP contribution < -0.4 is 5.32 Å². The van der Waals surface area contributed by atoms with Gasteiger partial charge in [0.1, 0.15) is 6.54 Å². The fourth-order valence-electron chi connectivity index (χ4n) is 9.05. The van der Waals surface area contributed by atoms with E-state index in [1.54, 1.807) is 0 Å². The average molecular weight is 551 g/mol. The standard InChI is InChI=1S/C34H48NO3P/c1-31(2)26-17-19-33(31,5)28(21-26)37-39(36,38-29-22-27-18-20-34(29,6)32(27,3)4)30(25-15-11-8-12-16-25)35-23-24-13-9-7-10-14-24/h7-16,26-30,35H,17-23H2,1-6H3/p+1/t26-,27-,28+,29+,30+,33-,34-/m0/s1. The van der Waals surface area contributed by atoms with Crippen LogP contribution in [0.15, 0.2) is 60.7 Å². The highest BCUT2D eigenvalue weighted by atomic mass is 31.2. The molecule has 0 amide bonds. The van der Waals surface area contributed by atoms with Crippen molar-refractivity contribution >= 4 is 7.60 Å². The first-order chi connectivity index (χ1) is 18.4. The van der Waals surface area contributed by atoms with Crippen molar-refractivity contribution in [3.8, 4) is 0 Å². The summed E-state index contributed by atoms with van der Waals surface area (Å²) in [7, 11) is -3.60. The van der Waals surface area contributed by atoms with E-state index in [0.29, 0.717) is 11.8 Å². The molecule has 0 saturated heterocycles. The van der Waals surface area contributed by atoms with Gasteiger partial charge in [0.05, 0.1) is 12.2 Å². The molecule has 2 aromatic rings. The predicted molar refractivity (Wildman–Crippen MR) is 157 cm³/mol. The molecule has 5 heteroatoms. The van der Waals surface area contributed by atoms with Crippen molar-refractivity contribution < 1.29 is 18.9 Å². The van der Waals surface area contributed by atoms with Crippen molar-refractivity contribution in [2.75, 3.05) is 0 Å². The first-order valence-electron chi connectivity index (χ1n) is 15.3. The number of nitrogens with two attached hydrogens (primary N) is 1. The van der Waals surface area contributed by atoms with Gasteiger partial charge in [-0.1, -0.05) is 102 Å². The van der Waals surface area contributed by atoms with E-state index >= 15 is 4.57 Å². The van der Waals surface area contributed by atoms with Crippen molar-refractivity contribution in [2.24, 2.45) is 33.5 Å². The summed E-state index contributed by atoms with van der Waals surface area (Å²) in [4.78, 5) is 0. The SMILES string of the molecule is CC1(C)[C@H]2CC[C@@]1(C)[C@H](OP(=O)(O[C@@H]1C[C@@H]3CC[C@]1(C)C3(C)C)[C@@H]([NH2+]Cc1ccccc1)c1ccccc1)C2. The molecule has 4 fully saturated rings. The number of quaternary nitrogens is 1. The van der Waals surface area contributed by atoms with Crippen LogP contribution in [0.1, 0.15) is 97.0 Å². The van der Waals surface area contributed by atoms with Gasteiger partial charge in [-0.3, -0.25) is 4.57 Å². The molecule has 7 atom stereocenters. The minimum Gasteiger partial charge on any atom is -0.326 e. The van der Waals surface area contributed by atoms with Gasteiger partial charge >= 0.3 is 7.60 Å². The molecule has 6 rings (SSSR count). The van der Waals surface area contributed by atoms with Crippen molar-refractivity contribution in [2.45, 2.75) is 105 Å². The summed E-state index contributed by atoms with van der Waals surface area (Å²) in [5, 5.41) is 2.22. The molecule has 0 heterocycles. The molecule has 0 aromatic heterocycles. The third kappa shape index (κ3) is 4.23. The van der Waals surface area contributed by atoms with Crippen molar-refractivity contribution in [3.05, 3.63) is 71.8 Å². The lowest BCUT2D eigenvalue weighted by molar-refractivity contribution is -0.693. The Morgan fingerprint density at radius 2 is 1.23 bits per heavy atom. The lowest BCUT2D eigenvalue weighted by Gasteiger charge is -2.43. The first-order valence-corrected chi connectivity index (χ1v) is 16.9. The predicted octanol–water partition coefficient (Wildman–Crippen LogP) is 8.10. The Morgan fingerprint density at radius 3 is 1.64 bits per heavy atom. The van der Waals surface area contributed by atoms with E-state index in [9.17, 15) is 0 Å². The van der Waals surface area contributed by atoms with Gasteiger partial charge < -0.3 is 14.4 Å². The van der Waals surface area contributed by atoms with Gasteiger partial charge in [-0.25, -0.2) is 0 Å². The minimum absolute atomic E-state index is 0.00914. The number of hydrogen-bond donors (Lipinski definition) is 1. The van der Waals surface area contributed by atoms with Gasteiger partial charge in [0.2, 0.25) is 5.78 Å². The van der Waals surface area contributed by atoms with Crippen LogP contribution in [0.4, 0.5) is 0 Å². The van der Waals surface area contributed by atoms with Crippen LogP contribution in [-0.4, -0.2) is 12.2 Å². The molecule has 0 radical (unpaired) electrons. The Morgan fingerprint density at radius 1 is 0.769 bits per heavy atom. The topological polar surface area (TPSA) is 52.1 Å². The molecule has 4 aliphatic rings.